The third-order valence-electron chi connectivity index (χ3n) is 5.84. The average Bonchev–Trinajstić information content (AvgIpc) is 2.68. The van der Waals surface area contributed by atoms with Gasteiger partial charge in [-0.3, -0.25) is 9.78 Å². The van der Waals surface area contributed by atoms with Crippen molar-refractivity contribution in [1.82, 2.24) is 15.0 Å². The van der Waals surface area contributed by atoms with Crippen LogP contribution in [0.5, 0.6) is 0 Å². The monoisotopic (exact) mass is 386 g/mol. The van der Waals surface area contributed by atoms with E-state index in [0.717, 1.165) is 12.6 Å². The van der Waals surface area contributed by atoms with Crippen LogP contribution in [0.3, 0.4) is 0 Å². The zero-order valence-electron chi connectivity index (χ0n) is 15.4. The van der Waals surface area contributed by atoms with Gasteiger partial charge in [0, 0.05) is 17.8 Å². The summed E-state index contributed by atoms with van der Waals surface area (Å²) in [6.45, 7) is 0. The topological polar surface area (TPSA) is 108 Å². The van der Waals surface area contributed by atoms with E-state index in [4.69, 9.17) is 5.11 Å². The first-order valence-electron chi connectivity index (χ1n) is 9.66. The molecule has 0 spiro atoms. The van der Waals surface area contributed by atoms with E-state index in [-0.39, 0.29) is 17.7 Å². The number of anilines is 1. The van der Waals surface area contributed by atoms with Crippen LogP contribution < -0.4 is 5.32 Å². The Morgan fingerprint density at radius 1 is 1.21 bits per heavy atom. The zero-order valence-corrected chi connectivity index (χ0v) is 15.4. The number of hydrogen-bond donors (Lipinski definition) is 3. The molecule has 2 saturated carbocycles. The number of carboxylic acid groups (broad SMARTS) is 1. The Balaban J connectivity index is 1.52. The zero-order chi connectivity index (χ0) is 19.7. The van der Waals surface area contributed by atoms with Gasteiger partial charge in [-0.15, -0.1) is 0 Å². The summed E-state index contributed by atoms with van der Waals surface area (Å²) in [5.41, 5.74) is 0.311. The van der Waals surface area contributed by atoms with Gasteiger partial charge in [-0.1, -0.05) is 0 Å². The summed E-state index contributed by atoms with van der Waals surface area (Å²) in [7, 11) is 0. The molecule has 2 fully saturated rings. The van der Waals surface area contributed by atoms with E-state index in [1.54, 1.807) is 18.3 Å². The molecule has 0 amide bonds. The van der Waals surface area contributed by atoms with E-state index in [0.29, 0.717) is 55.7 Å². The lowest BCUT2D eigenvalue weighted by Crippen LogP contribution is -2.34. The fourth-order valence-electron chi connectivity index (χ4n) is 3.91. The quantitative estimate of drug-likeness (QED) is 0.724. The summed E-state index contributed by atoms with van der Waals surface area (Å²) < 4.78 is 14.4. The number of aliphatic carboxylic acids is 1. The molecule has 0 aliphatic heterocycles. The molecular weight excluding hydrogens is 363 g/mol. The van der Waals surface area contributed by atoms with Gasteiger partial charge in [0.05, 0.1) is 17.8 Å². The van der Waals surface area contributed by atoms with E-state index in [2.05, 4.69) is 20.3 Å². The maximum Gasteiger partial charge on any atom is 0.306 e. The van der Waals surface area contributed by atoms with Crippen molar-refractivity contribution in [3.63, 3.8) is 0 Å². The van der Waals surface area contributed by atoms with Crippen molar-refractivity contribution in [1.29, 1.82) is 0 Å². The van der Waals surface area contributed by atoms with Crippen molar-refractivity contribution in [3.8, 4) is 11.3 Å². The molecule has 0 unspecified atom stereocenters. The van der Waals surface area contributed by atoms with Crippen LogP contribution in [-0.2, 0) is 10.4 Å². The molecule has 2 heterocycles. The minimum atomic E-state index is -0.927. The van der Waals surface area contributed by atoms with Crippen molar-refractivity contribution in [3.05, 3.63) is 36.0 Å². The first kappa shape index (κ1) is 18.7. The predicted octanol–water partition coefficient (Wildman–Crippen LogP) is 3.10. The highest BCUT2D eigenvalue weighted by Crippen LogP contribution is 2.41. The van der Waals surface area contributed by atoms with Crippen LogP contribution in [-0.4, -0.2) is 37.2 Å². The van der Waals surface area contributed by atoms with Crippen molar-refractivity contribution in [2.24, 2.45) is 5.92 Å². The largest absolute Gasteiger partial charge is 0.481 e. The lowest BCUT2D eigenvalue weighted by molar-refractivity contribution is -0.142. The van der Waals surface area contributed by atoms with E-state index >= 15 is 0 Å². The summed E-state index contributed by atoms with van der Waals surface area (Å²) in [5.74, 6) is -1.27. The van der Waals surface area contributed by atoms with Gasteiger partial charge < -0.3 is 15.5 Å². The Morgan fingerprint density at radius 3 is 2.61 bits per heavy atom. The Labute approximate surface area is 162 Å². The molecule has 2 aromatic heterocycles. The smallest absolute Gasteiger partial charge is 0.306 e. The van der Waals surface area contributed by atoms with Gasteiger partial charge >= 0.3 is 5.97 Å². The van der Waals surface area contributed by atoms with Crippen LogP contribution in [0.25, 0.3) is 11.3 Å². The second-order valence-electron chi connectivity index (χ2n) is 7.74. The Kier molecular flexibility index (Phi) is 4.97. The first-order valence-corrected chi connectivity index (χ1v) is 9.66. The molecule has 3 N–H and O–H groups in total. The van der Waals surface area contributed by atoms with Gasteiger partial charge in [0.1, 0.15) is 11.3 Å². The minimum Gasteiger partial charge on any atom is -0.481 e. The van der Waals surface area contributed by atoms with Crippen molar-refractivity contribution < 1.29 is 19.4 Å². The van der Waals surface area contributed by atoms with Crippen molar-refractivity contribution in [2.75, 3.05) is 5.32 Å². The predicted molar refractivity (Wildman–Crippen MR) is 100.0 cm³/mol. The third kappa shape index (κ3) is 3.69. The van der Waals surface area contributed by atoms with Gasteiger partial charge in [-0.2, -0.15) is 0 Å². The molecule has 4 rings (SSSR count). The second-order valence-corrected chi connectivity index (χ2v) is 7.74. The van der Waals surface area contributed by atoms with E-state index in [1.807, 2.05) is 0 Å². The lowest BCUT2D eigenvalue weighted by atomic mass is 9.77. The minimum absolute atomic E-state index is 0.0672. The lowest BCUT2D eigenvalue weighted by Gasteiger charge is -2.36. The van der Waals surface area contributed by atoms with Gasteiger partial charge in [-0.05, 0) is 57.1 Å². The number of nitrogens with one attached hydrogen (secondary N) is 1. The van der Waals surface area contributed by atoms with Crippen molar-refractivity contribution in [2.45, 2.75) is 56.6 Å². The maximum absolute atomic E-state index is 14.4. The molecule has 2 aliphatic rings. The summed E-state index contributed by atoms with van der Waals surface area (Å²) in [5, 5.41) is 22.8. The van der Waals surface area contributed by atoms with Gasteiger partial charge in [0.2, 0.25) is 5.95 Å². The van der Waals surface area contributed by atoms with E-state index in [9.17, 15) is 14.3 Å². The normalized spacial score (nSPS) is 23.6. The third-order valence-corrected chi connectivity index (χ3v) is 5.84. The highest BCUT2D eigenvalue weighted by molar-refractivity contribution is 5.70. The molecule has 0 atom stereocenters. The van der Waals surface area contributed by atoms with Crippen LogP contribution >= 0.6 is 0 Å². The Hall–Kier alpha value is -2.61. The summed E-state index contributed by atoms with van der Waals surface area (Å²) in [6.07, 6.45) is 7.57. The Morgan fingerprint density at radius 2 is 1.96 bits per heavy atom. The highest BCUT2D eigenvalue weighted by Gasteiger charge is 2.37. The molecule has 0 saturated heterocycles. The van der Waals surface area contributed by atoms with Gasteiger partial charge in [-0.25, -0.2) is 14.4 Å². The fraction of sp³-hybridized carbons (Fsp3) is 0.500. The highest BCUT2D eigenvalue weighted by atomic mass is 19.1. The first-order chi connectivity index (χ1) is 13.4. The number of halogens is 1. The van der Waals surface area contributed by atoms with Crippen molar-refractivity contribution >= 4 is 11.9 Å². The Bertz CT molecular complexity index is 880. The van der Waals surface area contributed by atoms with Crippen LogP contribution in [0.4, 0.5) is 10.3 Å². The van der Waals surface area contributed by atoms with E-state index < -0.39 is 17.4 Å². The number of hydrogen-bond acceptors (Lipinski definition) is 6. The molecular formula is C20H23FN4O3. The molecule has 0 bridgehead atoms. The SMILES string of the molecule is O=C(O)C1CCC(Nc2ncc(F)c(-c3ccnc(C4(O)CCC4)c3)n2)CC1. The molecule has 0 aromatic carbocycles. The molecule has 7 nitrogen and oxygen atoms in total. The number of pyridine rings is 1. The summed E-state index contributed by atoms with van der Waals surface area (Å²) in [4.78, 5) is 23.7. The summed E-state index contributed by atoms with van der Waals surface area (Å²) in [6, 6.07) is 3.42. The van der Waals surface area contributed by atoms with Gasteiger partial charge in [0.15, 0.2) is 5.82 Å². The van der Waals surface area contributed by atoms with Crippen LogP contribution in [0.15, 0.2) is 24.5 Å². The van der Waals surface area contributed by atoms with Crippen LogP contribution in [0.2, 0.25) is 0 Å². The molecule has 0 radical (unpaired) electrons. The number of carbonyl (C=O) groups is 1. The molecule has 8 heteroatoms. The molecule has 148 valence electrons. The number of nitrogens with zero attached hydrogens (tertiary/aromatic N) is 3. The maximum atomic E-state index is 14.4. The standard InChI is InChI=1S/C20H23FN4O3/c21-15-11-23-19(24-14-4-2-12(3-5-14)18(26)27)25-17(15)13-6-9-22-16(10-13)20(28)7-1-8-20/h6,9-12,14,28H,1-5,7-8H2,(H,26,27)(H,23,24,25). The average molecular weight is 386 g/mol. The molecule has 2 aliphatic carbocycles. The van der Waals surface area contributed by atoms with E-state index in [1.165, 1.54) is 0 Å². The number of rotatable bonds is 5. The summed E-state index contributed by atoms with van der Waals surface area (Å²) >= 11 is 0. The van der Waals surface area contributed by atoms with Gasteiger partial charge in [0.25, 0.3) is 0 Å². The van der Waals surface area contributed by atoms with Crippen LogP contribution in [0, 0.1) is 11.7 Å². The fourth-order valence-corrected chi connectivity index (χ4v) is 3.91. The van der Waals surface area contributed by atoms with Crippen LogP contribution in [0.1, 0.15) is 50.6 Å². The number of aromatic nitrogens is 3. The molecule has 2 aromatic rings. The number of carboxylic acids is 1. The number of aliphatic hydroxyl groups is 1. The second kappa shape index (κ2) is 7.43. The molecule has 28 heavy (non-hydrogen) atoms.